The van der Waals surface area contributed by atoms with E-state index < -0.39 is 5.97 Å². The van der Waals surface area contributed by atoms with Crippen LogP contribution in [0.1, 0.15) is 6.92 Å². The number of anilines is 1. The van der Waals surface area contributed by atoms with Crippen LogP contribution in [0.15, 0.2) is 30.3 Å². The maximum absolute atomic E-state index is 10.4. The number of hydrogen-bond acceptors (Lipinski definition) is 2. The number of carboxylic acids is 1. The number of nitrogens with one attached hydrogen (secondary N) is 1. The SMILES string of the molecule is CCN(C(=S)NCC(=O)O)c1ccccc1.[NaH]. The molecule has 0 amide bonds. The number of aliphatic carboxylic acids is 1. The van der Waals surface area contributed by atoms with Gasteiger partial charge in [0, 0.05) is 12.2 Å². The third-order valence-corrected chi connectivity index (χ3v) is 2.38. The van der Waals surface area contributed by atoms with Crippen molar-refractivity contribution in [3.05, 3.63) is 30.3 Å². The Balaban J connectivity index is 0.00000256. The van der Waals surface area contributed by atoms with E-state index in [1.807, 2.05) is 42.2 Å². The number of carbonyl (C=O) groups is 1. The number of hydrogen-bond donors (Lipinski definition) is 2. The molecule has 0 unspecified atom stereocenters. The second-order valence-corrected chi connectivity index (χ2v) is 3.52. The van der Waals surface area contributed by atoms with Crippen LogP contribution < -0.4 is 10.2 Å². The van der Waals surface area contributed by atoms with E-state index >= 15 is 0 Å². The molecule has 0 aromatic heterocycles. The predicted octanol–water partition coefficient (Wildman–Crippen LogP) is 0.823. The monoisotopic (exact) mass is 262 g/mol. The molecule has 1 rings (SSSR count). The van der Waals surface area contributed by atoms with Crippen LogP contribution in [0.4, 0.5) is 5.69 Å². The molecule has 6 heteroatoms. The first-order chi connectivity index (χ1) is 7.65. The second kappa shape index (κ2) is 8.47. The van der Waals surface area contributed by atoms with Crippen molar-refractivity contribution in [2.45, 2.75) is 6.92 Å². The van der Waals surface area contributed by atoms with Crippen LogP contribution in [0.5, 0.6) is 0 Å². The van der Waals surface area contributed by atoms with E-state index in [-0.39, 0.29) is 36.1 Å². The quantitative estimate of drug-likeness (QED) is 0.621. The van der Waals surface area contributed by atoms with Gasteiger partial charge in [0.25, 0.3) is 0 Å². The van der Waals surface area contributed by atoms with Crippen molar-refractivity contribution in [1.82, 2.24) is 5.32 Å². The van der Waals surface area contributed by atoms with Gasteiger partial charge in [0.05, 0.1) is 0 Å². The Kier molecular flexibility index (Phi) is 8.16. The van der Waals surface area contributed by atoms with Crippen molar-refractivity contribution in [3.8, 4) is 0 Å². The Hall–Kier alpha value is -0.620. The van der Waals surface area contributed by atoms with E-state index in [2.05, 4.69) is 5.32 Å². The fourth-order valence-corrected chi connectivity index (χ4v) is 1.60. The van der Waals surface area contributed by atoms with Crippen molar-refractivity contribution in [3.63, 3.8) is 0 Å². The summed E-state index contributed by atoms with van der Waals surface area (Å²) in [6.45, 7) is 2.49. The van der Waals surface area contributed by atoms with E-state index in [1.54, 1.807) is 0 Å². The van der Waals surface area contributed by atoms with Gasteiger partial charge < -0.3 is 15.3 Å². The van der Waals surface area contributed by atoms with Crippen LogP contribution in [0.2, 0.25) is 0 Å². The molecule has 0 bridgehead atoms. The first-order valence-corrected chi connectivity index (χ1v) is 5.38. The van der Waals surface area contributed by atoms with Crippen molar-refractivity contribution in [2.75, 3.05) is 18.0 Å². The summed E-state index contributed by atoms with van der Waals surface area (Å²) in [5, 5.41) is 11.7. The van der Waals surface area contributed by atoms with Crippen LogP contribution in [-0.2, 0) is 4.79 Å². The summed E-state index contributed by atoms with van der Waals surface area (Å²) in [5.41, 5.74) is 0.952. The third-order valence-electron chi connectivity index (χ3n) is 2.02. The average Bonchev–Trinajstić information content (AvgIpc) is 2.29. The van der Waals surface area contributed by atoms with E-state index in [4.69, 9.17) is 17.3 Å². The molecule has 0 saturated heterocycles. The molecule has 0 heterocycles. The molecule has 0 fully saturated rings. The van der Waals surface area contributed by atoms with Gasteiger partial charge in [-0.25, -0.2) is 0 Å². The van der Waals surface area contributed by atoms with Crippen LogP contribution in [-0.4, -0.2) is 58.8 Å². The Labute approximate surface area is 128 Å². The van der Waals surface area contributed by atoms with Crippen LogP contribution in [0, 0.1) is 0 Å². The van der Waals surface area contributed by atoms with Crippen molar-refractivity contribution in [2.24, 2.45) is 0 Å². The summed E-state index contributed by atoms with van der Waals surface area (Å²) >= 11 is 5.13. The molecule has 88 valence electrons. The Morgan fingerprint density at radius 1 is 1.41 bits per heavy atom. The molecule has 0 atom stereocenters. The number of nitrogens with zero attached hydrogens (tertiary/aromatic N) is 1. The van der Waals surface area contributed by atoms with Crippen LogP contribution >= 0.6 is 12.2 Å². The molecule has 1 aromatic carbocycles. The van der Waals surface area contributed by atoms with Gasteiger partial charge in [-0.15, -0.1) is 0 Å². The fraction of sp³-hybridized carbons (Fsp3) is 0.273. The maximum atomic E-state index is 10.4. The predicted molar refractivity (Wildman–Crippen MR) is 74.8 cm³/mol. The molecule has 2 N–H and O–H groups in total. The summed E-state index contributed by atoms with van der Waals surface area (Å²) in [6, 6.07) is 9.61. The Morgan fingerprint density at radius 2 is 2.00 bits per heavy atom. The molecule has 0 radical (unpaired) electrons. The average molecular weight is 262 g/mol. The van der Waals surface area contributed by atoms with Gasteiger partial charge in [0.1, 0.15) is 6.54 Å². The molecule has 0 aliphatic rings. The second-order valence-electron chi connectivity index (χ2n) is 3.13. The molecule has 0 saturated carbocycles. The number of para-hydroxylation sites is 1. The van der Waals surface area contributed by atoms with Gasteiger partial charge in [0.15, 0.2) is 5.11 Å². The normalized spacial score (nSPS) is 9.00. The molecule has 0 spiro atoms. The van der Waals surface area contributed by atoms with Crippen LogP contribution in [0.3, 0.4) is 0 Å². The number of thiocarbonyl (C=S) groups is 1. The zero-order valence-electron chi connectivity index (χ0n) is 9.01. The first-order valence-electron chi connectivity index (χ1n) is 4.97. The standard InChI is InChI=1S/C11H14N2O2S.Na.H/c1-2-13(9-6-4-3-5-7-9)11(16)12-8-10(14)15;;/h3-7H,2,8H2,1H3,(H,12,16)(H,14,15);;. The van der Waals surface area contributed by atoms with Crippen LogP contribution in [0.25, 0.3) is 0 Å². The van der Waals surface area contributed by atoms with Gasteiger partial charge >= 0.3 is 35.5 Å². The van der Waals surface area contributed by atoms with E-state index in [9.17, 15) is 4.79 Å². The summed E-state index contributed by atoms with van der Waals surface area (Å²) in [4.78, 5) is 12.3. The molecule has 17 heavy (non-hydrogen) atoms. The van der Waals surface area contributed by atoms with Gasteiger partial charge in [-0.2, -0.15) is 0 Å². The number of benzene rings is 1. The first kappa shape index (κ1) is 16.4. The zero-order valence-corrected chi connectivity index (χ0v) is 9.83. The molecule has 0 aliphatic heterocycles. The van der Waals surface area contributed by atoms with E-state index in [0.717, 1.165) is 5.69 Å². The van der Waals surface area contributed by atoms with Crippen molar-refractivity contribution in [1.29, 1.82) is 0 Å². The van der Waals surface area contributed by atoms with E-state index in [0.29, 0.717) is 11.7 Å². The molecular formula is C11H15N2NaO2S. The summed E-state index contributed by atoms with van der Waals surface area (Å²) < 4.78 is 0. The molecule has 1 aromatic rings. The summed E-state index contributed by atoms with van der Waals surface area (Å²) in [5.74, 6) is -0.925. The van der Waals surface area contributed by atoms with Gasteiger partial charge in [-0.3, -0.25) is 4.79 Å². The van der Waals surface area contributed by atoms with Gasteiger partial charge in [-0.05, 0) is 31.3 Å². The molecular weight excluding hydrogens is 247 g/mol. The van der Waals surface area contributed by atoms with Crippen molar-refractivity contribution < 1.29 is 9.90 Å². The third kappa shape index (κ3) is 5.50. The Morgan fingerprint density at radius 3 is 2.47 bits per heavy atom. The summed E-state index contributed by atoms with van der Waals surface area (Å²) in [7, 11) is 0. The van der Waals surface area contributed by atoms with E-state index in [1.165, 1.54) is 0 Å². The number of carboxylic acid groups (broad SMARTS) is 1. The molecule has 0 aliphatic carbocycles. The van der Waals surface area contributed by atoms with Gasteiger partial charge in [-0.1, -0.05) is 18.2 Å². The van der Waals surface area contributed by atoms with Gasteiger partial charge in [0.2, 0.25) is 0 Å². The minimum atomic E-state index is -0.925. The molecule has 4 nitrogen and oxygen atoms in total. The number of rotatable bonds is 4. The topological polar surface area (TPSA) is 52.6 Å². The fourth-order valence-electron chi connectivity index (χ4n) is 1.30. The summed E-state index contributed by atoms with van der Waals surface area (Å²) in [6.07, 6.45) is 0. The minimum absolute atomic E-state index is 0. The zero-order chi connectivity index (χ0) is 12.0. The van der Waals surface area contributed by atoms with Crippen molar-refractivity contribution >= 4 is 58.5 Å². The Bertz CT molecular complexity index is 373.